The van der Waals surface area contributed by atoms with Crippen LogP contribution in [0, 0.1) is 6.92 Å². The molecule has 0 aromatic heterocycles. The fraction of sp³-hybridized carbons (Fsp3) is 0.273. The first-order chi connectivity index (χ1) is 13.5. The summed E-state index contributed by atoms with van der Waals surface area (Å²) in [5, 5.41) is 2.84. The Morgan fingerprint density at radius 1 is 1.18 bits per heavy atom. The molecule has 2 amide bonds. The van der Waals surface area contributed by atoms with Crippen LogP contribution in [0.15, 0.2) is 61.2 Å². The molecule has 148 valence electrons. The predicted octanol–water partition coefficient (Wildman–Crippen LogP) is 3.89. The third-order valence-corrected chi connectivity index (χ3v) is 4.81. The molecule has 0 fully saturated rings. The summed E-state index contributed by atoms with van der Waals surface area (Å²) in [7, 11) is 1.76. The highest BCUT2D eigenvalue weighted by Gasteiger charge is 2.11. The van der Waals surface area contributed by atoms with Gasteiger partial charge in [0.25, 0.3) is 0 Å². The number of nitrogens with one attached hydrogen (secondary N) is 1. The second kappa shape index (κ2) is 11.2. The van der Waals surface area contributed by atoms with E-state index in [1.165, 1.54) is 11.8 Å². The molecule has 2 rings (SSSR count). The standard InChI is InChI=1S/C22H26N2O3S/c1-4-12-27-20-10-8-18(9-11-20)14-24(3)22(26)16-28-15-21(25)23-19-7-5-6-17(2)13-19/h4-11,13H,1,12,14-16H2,2-3H3,(H,23,25). The Morgan fingerprint density at radius 2 is 1.93 bits per heavy atom. The first kappa shape index (κ1) is 21.6. The van der Waals surface area contributed by atoms with Gasteiger partial charge in [-0.05, 0) is 42.3 Å². The predicted molar refractivity (Wildman–Crippen MR) is 116 cm³/mol. The van der Waals surface area contributed by atoms with E-state index in [0.717, 1.165) is 22.6 Å². The normalized spacial score (nSPS) is 10.2. The minimum atomic E-state index is -0.110. The molecular weight excluding hydrogens is 372 g/mol. The Bertz CT molecular complexity index is 806. The molecule has 0 bridgehead atoms. The summed E-state index contributed by atoms with van der Waals surface area (Å²) < 4.78 is 5.45. The number of carbonyl (C=O) groups is 2. The van der Waals surface area contributed by atoms with Crippen LogP contribution < -0.4 is 10.1 Å². The zero-order chi connectivity index (χ0) is 20.4. The van der Waals surface area contributed by atoms with Crippen molar-refractivity contribution < 1.29 is 14.3 Å². The quantitative estimate of drug-likeness (QED) is 0.617. The van der Waals surface area contributed by atoms with Crippen molar-refractivity contribution >= 4 is 29.3 Å². The first-order valence-electron chi connectivity index (χ1n) is 8.99. The van der Waals surface area contributed by atoms with E-state index < -0.39 is 0 Å². The van der Waals surface area contributed by atoms with Crippen molar-refractivity contribution in [1.82, 2.24) is 4.90 Å². The van der Waals surface area contributed by atoms with Crippen LogP contribution in [-0.4, -0.2) is 41.9 Å². The number of thioether (sulfide) groups is 1. The van der Waals surface area contributed by atoms with Crippen molar-refractivity contribution in [3.05, 3.63) is 72.3 Å². The van der Waals surface area contributed by atoms with Crippen molar-refractivity contribution in [1.29, 1.82) is 0 Å². The lowest BCUT2D eigenvalue weighted by atomic mass is 10.2. The van der Waals surface area contributed by atoms with E-state index in [0.29, 0.717) is 13.2 Å². The molecule has 0 aliphatic heterocycles. The minimum absolute atomic E-state index is 0.0136. The van der Waals surface area contributed by atoms with E-state index in [9.17, 15) is 9.59 Å². The fourth-order valence-electron chi connectivity index (χ4n) is 2.47. The number of nitrogens with zero attached hydrogens (tertiary/aromatic N) is 1. The Hall–Kier alpha value is -2.73. The molecule has 1 N–H and O–H groups in total. The Kier molecular flexibility index (Phi) is 8.62. The highest BCUT2D eigenvalue weighted by molar-refractivity contribution is 8.00. The summed E-state index contributed by atoms with van der Waals surface area (Å²) >= 11 is 1.31. The van der Waals surface area contributed by atoms with E-state index in [1.807, 2.05) is 55.5 Å². The van der Waals surface area contributed by atoms with Gasteiger partial charge in [-0.3, -0.25) is 9.59 Å². The number of amides is 2. The topological polar surface area (TPSA) is 58.6 Å². The van der Waals surface area contributed by atoms with Crippen molar-refractivity contribution in [2.75, 3.05) is 30.5 Å². The molecule has 2 aromatic rings. The average Bonchev–Trinajstić information content (AvgIpc) is 2.67. The van der Waals surface area contributed by atoms with Crippen molar-refractivity contribution in [3.8, 4) is 5.75 Å². The van der Waals surface area contributed by atoms with E-state index in [2.05, 4.69) is 11.9 Å². The van der Waals surface area contributed by atoms with Gasteiger partial charge in [-0.1, -0.05) is 36.9 Å². The molecular formula is C22H26N2O3S. The molecule has 0 radical (unpaired) electrons. The molecule has 0 aliphatic rings. The van der Waals surface area contributed by atoms with E-state index >= 15 is 0 Å². The lowest BCUT2D eigenvalue weighted by molar-refractivity contribution is -0.127. The van der Waals surface area contributed by atoms with Gasteiger partial charge in [-0.25, -0.2) is 0 Å². The third-order valence-electron chi connectivity index (χ3n) is 3.90. The minimum Gasteiger partial charge on any atom is -0.490 e. The van der Waals surface area contributed by atoms with Crippen molar-refractivity contribution in [3.63, 3.8) is 0 Å². The van der Waals surface area contributed by atoms with Gasteiger partial charge in [0, 0.05) is 19.3 Å². The van der Waals surface area contributed by atoms with Gasteiger partial charge in [-0.2, -0.15) is 0 Å². The Balaban J connectivity index is 1.71. The molecule has 0 heterocycles. The zero-order valence-corrected chi connectivity index (χ0v) is 17.1. The lowest BCUT2D eigenvalue weighted by Crippen LogP contribution is -2.28. The number of ether oxygens (including phenoxy) is 1. The number of aryl methyl sites for hydroxylation is 1. The van der Waals surface area contributed by atoms with Crippen LogP contribution in [0.3, 0.4) is 0 Å². The van der Waals surface area contributed by atoms with E-state index in [1.54, 1.807) is 18.0 Å². The van der Waals surface area contributed by atoms with Gasteiger partial charge < -0.3 is 15.0 Å². The summed E-state index contributed by atoms with van der Waals surface area (Å²) in [4.78, 5) is 25.9. The highest BCUT2D eigenvalue weighted by atomic mass is 32.2. The molecule has 6 heteroatoms. The molecule has 5 nitrogen and oxygen atoms in total. The summed E-state index contributed by atoms with van der Waals surface area (Å²) in [6.07, 6.45) is 1.69. The fourth-order valence-corrected chi connectivity index (χ4v) is 3.22. The number of hydrogen-bond donors (Lipinski definition) is 1. The molecule has 2 aromatic carbocycles. The monoisotopic (exact) mass is 398 g/mol. The maximum absolute atomic E-state index is 12.3. The molecule has 0 atom stereocenters. The maximum atomic E-state index is 12.3. The second-order valence-electron chi connectivity index (χ2n) is 6.40. The Morgan fingerprint density at radius 3 is 2.61 bits per heavy atom. The van der Waals surface area contributed by atoms with Gasteiger partial charge in [0.15, 0.2) is 0 Å². The number of hydrogen-bond acceptors (Lipinski definition) is 4. The molecule has 28 heavy (non-hydrogen) atoms. The lowest BCUT2D eigenvalue weighted by Gasteiger charge is -2.17. The van der Waals surface area contributed by atoms with Crippen LogP contribution in [0.4, 0.5) is 5.69 Å². The number of anilines is 1. The molecule has 0 unspecified atom stereocenters. The van der Waals surface area contributed by atoms with Crippen LogP contribution in [0.25, 0.3) is 0 Å². The molecule has 0 spiro atoms. The average molecular weight is 399 g/mol. The van der Waals surface area contributed by atoms with Crippen molar-refractivity contribution in [2.45, 2.75) is 13.5 Å². The third kappa shape index (κ3) is 7.48. The van der Waals surface area contributed by atoms with Gasteiger partial charge >= 0.3 is 0 Å². The smallest absolute Gasteiger partial charge is 0.234 e. The van der Waals surface area contributed by atoms with E-state index in [4.69, 9.17) is 4.74 Å². The number of rotatable bonds is 10. The summed E-state index contributed by atoms with van der Waals surface area (Å²) in [6, 6.07) is 15.3. The van der Waals surface area contributed by atoms with Crippen LogP contribution in [0.2, 0.25) is 0 Å². The van der Waals surface area contributed by atoms with Gasteiger partial charge in [0.1, 0.15) is 12.4 Å². The van der Waals surface area contributed by atoms with Crippen LogP contribution in [0.1, 0.15) is 11.1 Å². The molecule has 0 saturated heterocycles. The Labute approximate surface area is 170 Å². The highest BCUT2D eigenvalue weighted by Crippen LogP contribution is 2.14. The maximum Gasteiger partial charge on any atom is 0.234 e. The summed E-state index contributed by atoms with van der Waals surface area (Å²) in [6.45, 7) is 6.56. The van der Waals surface area contributed by atoms with Gasteiger partial charge in [0.05, 0.1) is 11.5 Å². The van der Waals surface area contributed by atoms with Gasteiger partial charge in [-0.15, -0.1) is 11.8 Å². The second-order valence-corrected chi connectivity index (χ2v) is 7.39. The van der Waals surface area contributed by atoms with Gasteiger partial charge in [0.2, 0.25) is 11.8 Å². The summed E-state index contributed by atoms with van der Waals surface area (Å²) in [5.41, 5.74) is 2.88. The molecule has 0 saturated carbocycles. The van der Waals surface area contributed by atoms with Crippen LogP contribution >= 0.6 is 11.8 Å². The summed E-state index contributed by atoms with van der Waals surface area (Å²) in [5.74, 6) is 1.15. The van der Waals surface area contributed by atoms with Crippen molar-refractivity contribution in [2.24, 2.45) is 0 Å². The first-order valence-corrected chi connectivity index (χ1v) is 10.1. The number of benzene rings is 2. The molecule has 0 aliphatic carbocycles. The largest absolute Gasteiger partial charge is 0.490 e. The van der Waals surface area contributed by atoms with Crippen LogP contribution in [0.5, 0.6) is 5.75 Å². The zero-order valence-electron chi connectivity index (χ0n) is 16.3. The van der Waals surface area contributed by atoms with E-state index in [-0.39, 0.29) is 23.3 Å². The number of carbonyl (C=O) groups excluding carboxylic acids is 2. The van der Waals surface area contributed by atoms with Crippen LogP contribution in [-0.2, 0) is 16.1 Å². The SMILES string of the molecule is C=CCOc1ccc(CN(C)C(=O)CSCC(=O)Nc2cccc(C)c2)cc1.